The molecular formula is C8H13NO2. The lowest BCUT2D eigenvalue weighted by atomic mass is 9.84. The van der Waals surface area contributed by atoms with Crippen LogP contribution in [0.15, 0.2) is 0 Å². The molecule has 0 saturated carbocycles. The van der Waals surface area contributed by atoms with E-state index in [0.29, 0.717) is 13.0 Å². The van der Waals surface area contributed by atoms with Crippen molar-refractivity contribution in [2.24, 2.45) is 5.92 Å². The Bertz CT molecular complexity index is 187. The molecule has 62 valence electrons. The largest absolute Gasteiger partial charge is 0.386 e. The predicted molar refractivity (Wildman–Crippen MR) is 39.8 cm³/mol. The normalized spacial score (nSPS) is 40.0. The van der Waals surface area contributed by atoms with E-state index in [4.69, 9.17) is 10.00 Å². The Morgan fingerprint density at radius 2 is 2.45 bits per heavy atom. The molecule has 3 heteroatoms. The standard InChI is InChI=1S/C8H13NO2/c1-6(5-9)8(10)3-4-11-7(8)2/h6-7,10H,3-4H2,1-2H3. The quantitative estimate of drug-likeness (QED) is 0.606. The van der Waals surface area contributed by atoms with Gasteiger partial charge < -0.3 is 9.84 Å². The van der Waals surface area contributed by atoms with Crippen molar-refractivity contribution in [1.82, 2.24) is 0 Å². The zero-order chi connectivity index (χ0) is 8.48. The second-order valence-corrected chi connectivity index (χ2v) is 3.11. The van der Waals surface area contributed by atoms with E-state index in [2.05, 4.69) is 0 Å². The maximum atomic E-state index is 9.88. The van der Waals surface area contributed by atoms with E-state index >= 15 is 0 Å². The average molecular weight is 155 g/mol. The molecule has 11 heavy (non-hydrogen) atoms. The summed E-state index contributed by atoms with van der Waals surface area (Å²) in [7, 11) is 0. The molecule has 1 N–H and O–H groups in total. The summed E-state index contributed by atoms with van der Waals surface area (Å²) in [6.45, 7) is 4.09. The molecular weight excluding hydrogens is 142 g/mol. The van der Waals surface area contributed by atoms with Gasteiger partial charge >= 0.3 is 0 Å². The van der Waals surface area contributed by atoms with E-state index in [1.54, 1.807) is 13.8 Å². The van der Waals surface area contributed by atoms with Crippen molar-refractivity contribution in [3.63, 3.8) is 0 Å². The number of hydrogen-bond donors (Lipinski definition) is 1. The van der Waals surface area contributed by atoms with Crippen LogP contribution >= 0.6 is 0 Å². The Hall–Kier alpha value is -0.590. The maximum Gasteiger partial charge on any atom is 0.108 e. The van der Waals surface area contributed by atoms with Gasteiger partial charge in [-0.25, -0.2) is 0 Å². The van der Waals surface area contributed by atoms with Gasteiger partial charge in [0.1, 0.15) is 5.60 Å². The second kappa shape index (κ2) is 2.80. The summed E-state index contributed by atoms with van der Waals surface area (Å²) in [5, 5.41) is 18.5. The summed E-state index contributed by atoms with van der Waals surface area (Å²) in [6, 6.07) is 2.05. The second-order valence-electron chi connectivity index (χ2n) is 3.11. The zero-order valence-electron chi connectivity index (χ0n) is 6.87. The lowest BCUT2D eigenvalue weighted by Crippen LogP contribution is -2.42. The summed E-state index contributed by atoms with van der Waals surface area (Å²) in [5.74, 6) is -0.347. The number of hydrogen-bond acceptors (Lipinski definition) is 3. The summed E-state index contributed by atoms with van der Waals surface area (Å²) in [6.07, 6.45) is 0.361. The van der Waals surface area contributed by atoms with Crippen LogP contribution in [0.4, 0.5) is 0 Å². The third kappa shape index (κ3) is 1.24. The molecule has 1 aliphatic heterocycles. The Balaban J connectivity index is 2.74. The summed E-state index contributed by atoms with van der Waals surface area (Å²) >= 11 is 0. The third-order valence-electron chi connectivity index (χ3n) is 2.52. The monoisotopic (exact) mass is 155 g/mol. The molecule has 3 unspecified atom stereocenters. The van der Waals surface area contributed by atoms with Gasteiger partial charge in [0, 0.05) is 13.0 Å². The van der Waals surface area contributed by atoms with Crippen molar-refractivity contribution in [2.45, 2.75) is 32.0 Å². The molecule has 0 bridgehead atoms. The lowest BCUT2D eigenvalue weighted by molar-refractivity contribution is -0.0497. The molecule has 1 saturated heterocycles. The van der Waals surface area contributed by atoms with Gasteiger partial charge in [-0.3, -0.25) is 0 Å². The van der Waals surface area contributed by atoms with Crippen molar-refractivity contribution >= 4 is 0 Å². The minimum absolute atomic E-state index is 0.211. The fraction of sp³-hybridized carbons (Fsp3) is 0.875. The van der Waals surface area contributed by atoms with Crippen LogP contribution in [-0.4, -0.2) is 23.4 Å². The zero-order valence-corrected chi connectivity index (χ0v) is 6.87. The first-order chi connectivity index (χ1) is 5.11. The van der Waals surface area contributed by atoms with Gasteiger partial charge in [-0.15, -0.1) is 0 Å². The fourth-order valence-electron chi connectivity index (χ4n) is 1.43. The van der Waals surface area contributed by atoms with E-state index in [1.807, 2.05) is 6.07 Å². The van der Waals surface area contributed by atoms with Gasteiger partial charge in [0.05, 0.1) is 18.1 Å². The molecule has 1 heterocycles. The number of ether oxygens (including phenoxy) is 1. The molecule has 0 amide bonds. The smallest absolute Gasteiger partial charge is 0.108 e. The topological polar surface area (TPSA) is 53.2 Å². The van der Waals surface area contributed by atoms with Crippen molar-refractivity contribution in [3.05, 3.63) is 0 Å². The Morgan fingerprint density at radius 1 is 1.82 bits per heavy atom. The molecule has 0 aromatic carbocycles. The highest BCUT2D eigenvalue weighted by Gasteiger charge is 2.44. The molecule has 0 radical (unpaired) electrons. The van der Waals surface area contributed by atoms with Crippen molar-refractivity contribution in [3.8, 4) is 6.07 Å². The first-order valence-corrected chi connectivity index (χ1v) is 3.85. The minimum Gasteiger partial charge on any atom is -0.386 e. The van der Waals surface area contributed by atoms with E-state index in [0.717, 1.165) is 0 Å². The Morgan fingerprint density at radius 3 is 2.82 bits per heavy atom. The van der Waals surface area contributed by atoms with E-state index < -0.39 is 5.60 Å². The predicted octanol–water partition coefficient (Wildman–Crippen LogP) is 0.686. The molecule has 0 aromatic rings. The van der Waals surface area contributed by atoms with Crippen LogP contribution in [0.3, 0.4) is 0 Å². The van der Waals surface area contributed by atoms with Gasteiger partial charge in [-0.05, 0) is 13.8 Å². The van der Waals surface area contributed by atoms with Crippen molar-refractivity contribution < 1.29 is 9.84 Å². The van der Waals surface area contributed by atoms with Crippen LogP contribution in [-0.2, 0) is 4.74 Å². The van der Waals surface area contributed by atoms with Crippen LogP contribution in [0.2, 0.25) is 0 Å². The number of aliphatic hydroxyl groups is 1. The van der Waals surface area contributed by atoms with E-state index in [1.165, 1.54) is 0 Å². The van der Waals surface area contributed by atoms with Crippen LogP contribution < -0.4 is 0 Å². The third-order valence-corrected chi connectivity index (χ3v) is 2.52. The number of nitriles is 1. The van der Waals surface area contributed by atoms with Crippen molar-refractivity contribution in [1.29, 1.82) is 5.26 Å². The fourth-order valence-corrected chi connectivity index (χ4v) is 1.43. The number of nitrogens with zero attached hydrogens (tertiary/aromatic N) is 1. The van der Waals surface area contributed by atoms with Gasteiger partial charge in [0.25, 0.3) is 0 Å². The van der Waals surface area contributed by atoms with Crippen LogP contribution in [0.1, 0.15) is 20.3 Å². The Labute approximate surface area is 66.6 Å². The number of rotatable bonds is 1. The van der Waals surface area contributed by atoms with Crippen LogP contribution in [0.25, 0.3) is 0 Å². The van der Waals surface area contributed by atoms with Gasteiger partial charge in [0.15, 0.2) is 0 Å². The van der Waals surface area contributed by atoms with Gasteiger partial charge in [-0.1, -0.05) is 0 Å². The summed E-state index contributed by atoms with van der Waals surface area (Å²) < 4.78 is 5.19. The van der Waals surface area contributed by atoms with Crippen molar-refractivity contribution in [2.75, 3.05) is 6.61 Å². The highest BCUT2D eigenvalue weighted by molar-refractivity contribution is 5.02. The molecule has 0 aliphatic carbocycles. The molecule has 3 atom stereocenters. The molecule has 1 rings (SSSR count). The molecule has 0 aromatic heterocycles. The maximum absolute atomic E-state index is 9.88. The average Bonchev–Trinajstić information content (AvgIpc) is 2.32. The SMILES string of the molecule is CC(C#N)C1(O)CCOC1C. The molecule has 1 aliphatic rings. The molecule has 0 spiro atoms. The summed E-state index contributed by atoms with van der Waals surface area (Å²) in [4.78, 5) is 0. The van der Waals surface area contributed by atoms with Gasteiger partial charge in [0.2, 0.25) is 0 Å². The Kier molecular flexibility index (Phi) is 2.17. The summed E-state index contributed by atoms with van der Waals surface area (Å²) in [5.41, 5.74) is -0.922. The molecule has 1 fully saturated rings. The highest BCUT2D eigenvalue weighted by Crippen LogP contribution is 2.32. The van der Waals surface area contributed by atoms with Crippen LogP contribution in [0, 0.1) is 17.2 Å². The first-order valence-electron chi connectivity index (χ1n) is 3.85. The lowest BCUT2D eigenvalue weighted by Gasteiger charge is -2.27. The highest BCUT2D eigenvalue weighted by atomic mass is 16.5. The van der Waals surface area contributed by atoms with E-state index in [9.17, 15) is 5.11 Å². The molecule has 3 nitrogen and oxygen atoms in total. The van der Waals surface area contributed by atoms with Crippen LogP contribution in [0.5, 0.6) is 0 Å². The first kappa shape index (κ1) is 8.51. The van der Waals surface area contributed by atoms with Gasteiger partial charge in [-0.2, -0.15) is 5.26 Å². The van der Waals surface area contributed by atoms with E-state index in [-0.39, 0.29) is 12.0 Å². The minimum atomic E-state index is -0.922.